The predicted octanol–water partition coefficient (Wildman–Crippen LogP) is 2.41. The van der Waals surface area contributed by atoms with Gasteiger partial charge >= 0.3 is 11.8 Å². The lowest BCUT2D eigenvalue weighted by Gasteiger charge is -2.10. The zero-order valence-electron chi connectivity index (χ0n) is 18.1. The molecule has 0 aliphatic carbocycles. The molecule has 0 unspecified atom stereocenters. The summed E-state index contributed by atoms with van der Waals surface area (Å²) in [5, 5.41) is 9.58. The first-order valence-electron chi connectivity index (χ1n) is 10.4. The van der Waals surface area contributed by atoms with E-state index in [2.05, 4.69) is 21.2 Å². The average molecular weight is 473 g/mol. The maximum absolute atomic E-state index is 12.2. The van der Waals surface area contributed by atoms with Crippen molar-refractivity contribution in [3.8, 4) is 5.75 Å². The number of anilines is 1. The van der Waals surface area contributed by atoms with E-state index in [4.69, 9.17) is 21.1 Å². The number of carbonyl (C=O) groups is 3. The van der Waals surface area contributed by atoms with Crippen molar-refractivity contribution in [2.75, 3.05) is 25.1 Å². The molecule has 1 saturated heterocycles. The van der Waals surface area contributed by atoms with Gasteiger partial charge in [0.2, 0.25) is 0 Å². The first-order chi connectivity index (χ1) is 15.9. The van der Waals surface area contributed by atoms with E-state index in [9.17, 15) is 14.4 Å². The number of nitrogens with zero attached hydrogens (tertiary/aromatic N) is 1. The number of carbonyl (C=O) groups excluding carboxylic acids is 3. The number of hydrogen-bond acceptors (Lipinski definition) is 6. The third kappa shape index (κ3) is 7.89. The normalized spacial score (nSPS) is 15.3. The highest BCUT2D eigenvalue weighted by Crippen LogP contribution is 2.20. The van der Waals surface area contributed by atoms with Crippen LogP contribution in [0.2, 0.25) is 5.02 Å². The number of benzene rings is 2. The van der Waals surface area contributed by atoms with Crippen molar-refractivity contribution in [1.82, 2.24) is 10.7 Å². The molecule has 0 saturated carbocycles. The Kier molecular flexibility index (Phi) is 8.79. The Hall–Kier alpha value is -3.43. The highest BCUT2D eigenvalue weighted by molar-refractivity contribution is 6.35. The van der Waals surface area contributed by atoms with Gasteiger partial charge < -0.3 is 20.1 Å². The maximum atomic E-state index is 12.2. The van der Waals surface area contributed by atoms with Crippen molar-refractivity contribution in [3.05, 3.63) is 58.6 Å². The van der Waals surface area contributed by atoms with Crippen LogP contribution in [0.25, 0.3) is 0 Å². The summed E-state index contributed by atoms with van der Waals surface area (Å²) in [6, 6.07) is 12.0. The van der Waals surface area contributed by atoms with Crippen LogP contribution in [0, 0.1) is 6.92 Å². The van der Waals surface area contributed by atoms with Crippen LogP contribution in [0.15, 0.2) is 47.6 Å². The van der Waals surface area contributed by atoms with Gasteiger partial charge in [-0.15, -0.1) is 0 Å². The number of amides is 3. The van der Waals surface area contributed by atoms with E-state index in [1.165, 1.54) is 6.21 Å². The molecule has 10 heteroatoms. The van der Waals surface area contributed by atoms with Crippen LogP contribution in [0.3, 0.4) is 0 Å². The highest BCUT2D eigenvalue weighted by atomic mass is 35.5. The Balaban J connectivity index is 1.44. The quantitative estimate of drug-likeness (QED) is 0.310. The molecule has 1 aliphatic rings. The third-order valence-corrected chi connectivity index (χ3v) is 5.04. The lowest BCUT2D eigenvalue weighted by molar-refractivity contribution is -0.139. The van der Waals surface area contributed by atoms with Crippen molar-refractivity contribution in [2.24, 2.45) is 5.10 Å². The summed E-state index contributed by atoms with van der Waals surface area (Å²) >= 11 is 5.96. The number of hydrazone groups is 1. The van der Waals surface area contributed by atoms with Crippen LogP contribution in [0.1, 0.15) is 24.0 Å². The third-order valence-electron chi connectivity index (χ3n) is 4.80. The Morgan fingerprint density at radius 1 is 1.21 bits per heavy atom. The molecule has 3 N–H and O–H groups in total. The molecule has 0 aromatic heterocycles. The van der Waals surface area contributed by atoms with Gasteiger partial charge in [-0.3, -0.25) is 14.4 Å². The fourth-order valence-corrected chi connectivity index (χ4v) is 3.23. The zero-order valence-corrected chi connectivity index (χ0v) is 18.9. The number of halogens is 1. The van der Waals surface area contributed by atoms with Gasteiger partial charge in [-0.25, -0.2) is 5.43 Å². The minimum Gasteiger partial charge on any atom is -0.484 e. The fraction of sp³-hybridized carbons (Fsp3) is 0.304. The van der Waals surface area contributed by atoms with Gasteiger partial charge in [-0.2, -0.15) is 5.10 Å². The van der Waals surface area contributed by atoms with Crippen LogP contribution < -0.4 is 20.8 Å². The lowest BCUT2D eigenvalue weighted by atomic mass is 10.2. The minimum absolute atomic E-state index is 0.0513. The van der Waals surface area contributed by atoms with E-state index in [1.54, 1.807) is 36.4 Å². The fourth-order valence-electron chi connectivity index (χ4n) is 3.06. The molecule has 33 heavy (non-hydrogen) atoms. The summed E-state index contributed by atoms with van der Waals surface area (Å²) in [5.41, 5.74) is 4.29. The summed E-state index contributed by atoms with van der Waals surface area (Å²) in [4.78, 5) is 35.8. The van der Waals surface area contributed by atoms with Crippen LogP contribution in [0.5, 0.6) is 5.75 Å². The van der Waals surface area contributed by atoms with E-state index in [0.717, 1.165) is 18.4 Å². The summed E-state index contributed by atoms with van der Waals surface area (Å²) in [6.07, 6.45) is 3.13. The molecule has 174 valence electrons. The van der Waals surface area contributed by atoms with Crippen molar-refractivity contribution in [3.63, 3.8) is 0 Å². The van der Waals surface area contributed by atoms with Crippen molar-refractivity contribution in [2.45, 2.75) is 25.9 Å². The molecule has 1 fully saturated rings. The molecule has 1 atom stereocenters. The van der Waals surface area contributed by atoms with Crippen molar-refractivity contribution >= 4 is 41.2 Å². The number of ether oxygens (including phenoxy) is 2. The summed E-state index contributed by atoms with van der Waals surface area (Å²) < 4.78 is 10.9. The molecule has 3 amide bonds. The maximum Gasteiger partial charge on any atom is 0.329 e. The van der Waals surface area contributed by atoms with E-state index >= 15 is 0 Å². The smallest absolute Gasteiger partial charge is 0.329 e. The van der Waals surface area contributed by atoms with Gasteiger partial charge in [0.15, 0.2) is 6.61 Å². The largest absolute Gasteiger partial charge is 0.484 e. The van der Waals surface area contributed by atoms with Crippen LogP contribution >= 0.6 is 11.6 Å². The van der Waals surface area contributed by atoms with Gasteiger partial charge in [0, 0.05) is 23.9 Å². The summed E-state index contributed by atoms with van der Waals surface area (Å²) in [5.74, 6) is -1.54. The van der Waals surface area contributed by atoms with Gasteiger partial charge in [-0.05, 0) is 55.2 Å². The molecule has 0 bridgehead atoms. The average Bonchev–Trinajstić information content (AvgIpc) is 3.32. The van der Waals surface area contributed by atoms with Crippen molar-refractivity contribution in [1.29, 1.82) is 0 Å². The number of aryl methyl sites for hydroxylation is 1. The van der Waals surface area contributed by atoms with Crippen LogP contribution in [-0.2, 0) is 19.1 Å². The molecule has 3 rings (SSSR count). The molecule has 2 aromatic carbocycles. The minimum atomic E-state index is -0.871. The Labute approximate surface area is 196 Å². The molecule has 1 aliphatic heterocycles. The topological polar surface area (TPSA) is 118 Å². The number of hydrogen-bond donors (Lipinski definition) is 3. The molecule has 0 radical (unpaired) electrons. The first-order valence-corrected chi connectivity index (χ1v) is 10.8. The van der Waals surface area contributed by atoms with E-state index in [1.807, 2.05) is 13.0 Å². The molecule has 1 heterocycles. The van der Waals surface area contributed by atoms with E-state index < -0.39 is 11.8 Å². The summed E-state index contributed by atoms with van der Waals surface area (Å²) in [7, 11) is 0. The monoisotopic (exact) mass is 472 g/mol. The molecular weight excluding hydrogens is 448 g/mol. The Morgan fingerprint density at radius 2 is 2.06 bits per heavy atom. The van der Waals surface area contributed by atoms with E-state index in [0.29, 0.717) is 35.2 Å². The lowest BCUT2D eigenvalue weighted by Crippen LogP contribution is -2.41. The van der Waals surface area contributed by atoms with Gasteiger partial charge in [-0.1, -0.05) is 29.8 Å². The predicted molar refractivity (Wildman–Crippen MR) is 124 cm³/mol. The standard InChI is InChI=1S/C23H25ClN4O5/c1-15-7-8-17(24)11-20(15)27-21(29)14-33-18-5-2-4-16(10-18)12-26-28-23(31)22(30)25-13-19-6-3-9-32-19/h2,4-5,7-8,10-12,19H,3,6,9,13-14H2,1H3,(H,25,30)(H,27,29)(H,28,31)/b26-12-/t19-/m0/s1. The molecular formula is C23H25ClN4O5. The molecule has 0 spiro atoms. The Morgan fingerprint density at radius 3 is 2.85 bits per heavy atom. The van der Waals surface area contributed by atoms with Crippen LogP contribution in [0.4, 0.5) is 5.69 Å². The van der Waals surface area contributed by atoms with E-state index in [-0.39, 0.29) is 18.6 Å². The first kappa shape index (κ1) is 24.2. The van der Waals surface area contributed by atoms with Gasteiger partial charge in [0.05, 0.1) is 12.3 Å². The highest BCUT2D eigenvalue weighted by Gasteiger charge is 2.19. The SMILES string of the molecule is Cc1ccc(Cl)cc1NC(=O)COc1cccc(/C=N\NC(=O)C(=O)NC[C@@H]2CCCO2)c1. The van der Waals surface area contributed by atoms with Gasteiger partial charge in [0.25, 0.3) is 5.91 Å². The van der Waals surface area contributed by atoms with Crippen LogP contribution in [-0.4, -0.2) is 49.8 Å². The second-order valence-electron chi connectivity index (χ2n) is 7.41. The second-order valence-corrected chi connectivity index (χ2v) is 7.85. The summed E-state index contributed by atoms with van der Waals surface area (Å²) in [6.45, 7) is 2.63. The second kappa shape index (κ2) is 12.0. The number of rotatable bonds is 8. The molecule has 9 nitrogen and oxygen atoms in total. The Bertz CT molecular complexity index is 1040. The zero-order chi connectivity index (χ0) is 23.6. The van der Waals surface area contributed by atoms with Crippen molar-refractivity contribution < 1.29 is 23.9 Å². The molecule has 2 aromatic rings. The number of nitrogens with one attached hydrogen (secondary N) is 3. The van der Waals surface area contributed by atoms with Gasteiger partial charge in [0.1, 0.15) is 5.75 Å².